The lowest BCUT2D eigenvalue weighted by atomic mass is 9.55. The summed E-state index contributed by atoms with van der Waals surface area (Å²) in [6.07, 6.45) is 20.0. The van der Waals surface area contributed by atoms with E-state index >= 15 is 8.42 Å². The average Bonchev–Trinajstić information content (AvgIpc) is 3.32. The third-order valence-electron chi connectivity index (χ3n) is 13.7. The molecule has 1 aliphatic heterocycles. The van der Waals surface area contributed by atoms with Crippen LogP contribution in [0.25, 0.3) is 0 Å². The highest BCUT2D eigenvalue weighted by atomic mass is 32.2. The van der Waals surface area contributed by atoms with Gasteiger partial charge in [-0.15, -0.1) is 6.58 Å². The Labute approximate surface area is 419 Å². The van der Waals surface area contributed by atoms with Gasteiger partial charge in [0, 0.05) is 56.8 Å². The van der Waals surface area contributed by atoms with E-state index in [4.69, 9.17) is 24.2 Å². The third kappa shape index (κ3) is 15.1. The summed E-state index contributed by atoms with van der Waals surface area (Å²) < 4.78 is 52.4. The van der Waals surface area contributed by atoms with Crippen LogP contribution in [0.3, 0.4) is 0 Å². The van der Waals surface area contributed by atoms with Gasteiger partial charge in [-0.25, -0.2) is 13.2 Å². The molecule has 5 rings (SSSR count). The standard InChI is InChI=1S/C55H84N4O10S/c1-8-11-12-13-14-15-16-17-18-21-32-56-53(63)67-43-28-31-49-47(38-43)51-45(25-20-23-35-61)41(24-19-22-34-60)37-46-48(58-69-54(5,6)7)39-50(55(68-49,52(46)51)66-36-10-3)59(33-9-2)70(64,65)44-29-26-42(27-30-44)57-40(4)62/h10,26-31,37-38,41,45,50-52,60-61H,3,8-9,11-25,32-36,39H2,1-2,4-7H3,(H,56,63)(H,57,62). The number of allylic oxidation sites excluding steroid dienone is 1. The molecule has 390 valence electrons. The summed E-state index contributed by atoms with van der Waals surface area (Å²) in [5, 5.41) is 30.5. The van der Waals surface area contributed by atoms with Crippen LogP contribution >= 0.6 is 0 Å². The number of anilines is 1. The Morgan fingerprint density at radius 3 is 2.17 bits per heavy atom. The van der Waals surface area contributed by atoms with Gasteiger partial charge in [-0.3, -0.25) is 4.79 Å². The minimum atomic E-state index is -4.28. The molecule has 0 saturated heterocycles. The van der Waals surface area contributed by atoms with Crippen molar-refractivity contribution in [3.63, 3.8) is 0 Å². The summed E-state index contributed by atoms with van der Waals surface area (Å²) in [6, 6.07) is 10.5. The van der Waals surface area contributed by atoms with Gasteiger partial charge in [-0.2, -0.15) is 4.31 Å². The molecule has 0 radical (unpaired) electrons. The highest BCUT2D eigenvalue weighted by Gasteiger charge is 2.66. The molecule has 6 atom stereocenters. The number of aliphatic hydroxyl groups is 2. The fourth-order valence-corrected chi connectivity index (χ4v) is 12.3. The first-order valence-electron chi connectivity index (χ1n) is 26.3. The Balaban J connectivity index is 1.62. The molecule has 6 unspecified atom stereocenters. The first kappa shape index (κ1) is 56.6. The number of oxime groups is 1. The molecule has 3 aliphatic rings. The molecule has 0 aromatic heterocycles. The van der Waals surface area contributed by atoms with Crippen LogP contribution in [0.4, 0.5) is 10.5 Å². The topological polar surface area (TPSA) is 185 Å². The van der Waals surface area contributed by atoms with Crippen molar-refractivity contribution in [3.8, 4) is 11.5 Å². The number of carbonyl (C=O) groups is 2. The number of benzene rings is 2. The summed E-state index contributed by atoms with van der Waals surface area (Å²) in [6.45, 7) is 16.1. The predicted molar refractivity (Wildman–Crippen MR) is 277 cm³/mol. The van der Waals surface area contributed by atoms with Gasteiger partial charge in [0.15, 0.2) is 0 Å². The van der Waals surface area contributed by atoms with Crippen LogP contribution in [-0.2, 0) is 24.4 Å². The van der Waals surface area contributed by atoms with Gasteiger partial charge in [0.1, 0.15) is 17.1 Å². The molecule has 2 aliphatic carbocycles. The predicted octanol–water partition coefficient (Wildman–Crippen LogP) is 11.2. The molecule has 0 bridgehead atoms. The summed E-state index contributed by atoms with van der Waals surface area (Å²) in [5.41, 5.74) is 2.00. The van der Waals surface area contributed by atoms with E-state index in [0.717, 1.165) is 49.7 Å². The van der Waals surface area contributed by atoms with E-state index in [0.29, 0.717) is 55.1 Å². The first-order valence-corrected chi connectivity index (χ1v) is 27.7. The van der Waals surface area contributed by atoms with E-state index in [9.17, 15) is 19.8 Å². The number of hydrogen-bond donors (Lipinski definition) is 4. The zero-order chi connectivity index (χ0) is 50.7. The molecule has 2 amide bonds. The number of fused-ring (bicyclic) bond motifs is 2. The summed E-state index contributed by atoms with van der Waals surface area (Å²) in [7, 11) is -4.28. The maximum absolute atomic E-state index is 15.3. The largest absolute Gasteiger partial charge is 0.460 e. The van der Waals surface area contributed by atoms with Crippen LogP contribution in [0.2, 0.25) is 0 Å². The van der Waals surface area contributed by atoms with Gasteiger partial charge in [0.2, 0.25) is 21.7 Å². The smallest absolute Gasteiger partial charge is 0.412 e. The molecule has 70 heavy (non-hydrogen) atoms. The zero-order valence-electron chi connectivity index (χ0n) is 43.0. The summed E-state index contributed by atoms with van der Waals surface area (Å²) in [4.78, 5) is 31.5. The minimum absolute atomic E-state index is 0.0209. The van der Waals surface area contributed by atoms with Gasteiger partial charge in [-0.05, 0) is 119 Å². The van der Waals surface area contributed by atoms with Crippen LogP contribution in [-0.4, -0.2) is 91.0 Å². The number of nitrogens with zero attached hydrogens (tertiary/aromatic N) is 2. The molecular weight excluding hydrogens is 909 g/mol. The Morgan fingerprint density at radius 2 is 1.56 bits per heavy atom. The van der Waals surface area contributed by atoms with Crippen molar-refractivity contribution >= 4 is 33.4 Å². The maximum Gasteiger partial charge on any atom is 0.412 e. The zero-order valence-corrected chi connectivity index (χ0v) is 43.8. The fourth-order valence-electron chi connectivity index (χ4n) is 10.5. The number of rotatable bonds is 30. The van der Waals surface area contributed by atoms with Crippen LogP contribution in [0.15, 0.2) is 76.8 Å². The Kier molecular flexibility index (Phi) is 22.3. The number of amides is 2. The highest BCUT2D eigenvalue weighted by Crippen LogP contribution is 2.62. The van der Waals surface area contributed by atoms with Crippen LogP contribution in [0, 0.1) is 17.8 Å². The molecule has 2 aromatic carbocycles. The van der Waals surface area contributed by atoms with E-state index in [1.807, 2.05) is 33.8 Å². The van der Waals surface area contributed by atoms with E-state index in [1.54, 1.807) is 30.3 Å². The molecule has 1 heterocycles. The average molecular weight is 993 g/mol. The number of nitrogens with one attached hydrogen (secondary N) is 2. The lowest BCUT2D eigenvalue weighted by Gasteiger charge is -2.59. The van der Waals surface area contributed by atoms with Crippen molar-refractivity contribution < 1.29 is 47.3 Å². The van der Waals surface area contributed by atoms with Gasteiger partial charge >= 0.3 is 6.09 Å². The molecule has 1 fully saturated rings. The molecular formula is C55H84N4O10S. The van der Waals surface area contributed by atoms with E-state index in [2.05, 4.69) is 30.2 Å². The van der Waals surface area contributed by atoms with E-state index < -0.39 is 39.5 Å². The second kappa shape index (κ2) is 27.5. The van der Waals surface area contributed by atoms with Crippen LogP contribution in [0.5, 0.6) is 11.5 Å². The second-order valence-corrected chi connectivity index (χ2v) is 22.2. The molecule has 4 N–H and O–H groups in total. The van der Waals surface area contributed by atoms with Gasteiger partial charge in [0.05, 0.1) is 29.2 Å². The number of carbonyl (C=O) groups excluding carboxylic acids is 2. The van der Waals surface area contributed by atoms with Crippen molar-refractivity contribution in [2.45, 2.75) is 185 Å². The first-order chi connectivity index (χ1) is 33.6. The van der Waals surface area contributed by atoms with Gasteiger partial charge < -0.3 is 39.9 Å². The SMILES string of the molecule is C=CCOC12Oc3ccc(OC(=O)NCCCCCCCCCCCC)cc3C3C(CCCCO)C(CCCCO)C=C(C(=NOC(C)(C)C)CC1N(CCC)S(=O)(=O)c1ccc(NC(C)=O)cc1)C32. The lowest BCUT2D eigenvalue weighted by molar-refractivity contribution is -0.251. The van der Waals surface area contributed by atoms with Crippen molar-refractivity contribution in [2.75, 3.05) is 38.2 Å². The van der Waals surface area contributed by atoms with Crippen LogP contribution < -0.4 is 20.1 Å². The highest BCUT2D eigenvalue weighted by molar-refractivity contribution is 7.89. The number of sulfonamides is 1. The molecule has 2 aromatic rings. The van der Waals surface area contributed by atoms with Gasteiger partial charge in [-0.1, -0.05) is 102 Å². The minimum Gasteiger partial charge on any atom is -0.460 e. The number of aliphatic hydroxyl groups excluding tert-OH is 2. The number of ether oxygens (including phenoxy) is 3. The van der Waals surface area contributed by atoms with Crippen molar-refractivity contribution in [2.24, 2.45) is 22.9 Å². The quantitative estimate of drug-likeness (QED) is 0.0333. The van der Waals surface area contributed by atoms with Crippen molar-refractivity contribution in [1.29, 1.82) is 0 Å². The molecule has 1 saturated carbocycles. The summed E-state index contributed by atoms with van der Waals surface area (Å²) >= 11 is 0. The normalized spacial score (nSPS) is 22.4. The Bertz CT molecular complexity index is 2160. The molecule has 15 heteroatoms. The fraction of sp³-hybridized carbons (Fsp3) is 0.655. The van der Waals surface area contributed by atoms with Crippen molar-refractivity contribution in [1.82, 2.24) is 9.62 Å². The lowest BCUT2D eigenvalue weighted by Crippen LogP contribution is -2.70. The third-order valence-corrected chi connectivity index (χ3v) is 15.6. The molecule has 14 nitrogen and oxygen atoms in total. The van der Waals surface area contributed by atoms with Crippen LogP contribution in [0.1, 0.15) is 169 Å². The number of hydrogen-bond acceptors (Lipinski definition) is 11. The molecule has 0 spiro atoms. The van der Waals surface area contributed by atoms with Gasteiger partial charge in [0.25, 0.3) is 0 Å². The van der Waals surface area contributed by atoms with E-state index in [-0.39, 0.29) is 61.3 Å². The van der Waals surface area contributed by atoms with Crippen molar-refractivity contribution in [3.05, 3.63) is 72.3 Å². The Morgan fingerprint density at radius 1 is 0.900 bits per heavy atom. The Hall–Kier alpha value is -4.28. The monoisotopic (exact) mass is 993 g/mol. The number of unbranched alkanes of at least 4 members (excludes halogenated alkanes) is 11. The maximum atomic E-state index is 15.3. The second-order valence-electron chi connectivity index (χ2n) is 20.3. The van der Waals surface area contributed by atoms with E-state index in [1.165, 1.54) is 68.3 Å². The summed E-state index contributed by atoms with van der Waals surface area (Å²) in [5.74, 6) is -2.19.